The lowest BCUT2D eigenvalue weighted by Gasteiger charge is -2.19. The minimum absolute atomic E-state index is 0.117. The lowest BCUT2D eigenvalue weighted by Crippen LogP contribution is -2.33. The van der Waals surface area contributed by atoms with Crippen molar-refractivity contribution in [2.24, 2.45) is 0 Å². The van der Waals surface area contributed by atoms with Crippen molar-refractivity contribution in [3.05, 3.63) is 65.7 Å². The van der Waals surface area contributed by atoms with Crippen LogP contribution in [0.2, 0.25) is 0 Å². The molecule has 0 bridgehead atoms. The first kappa shape index (κ1) is 17.1. The molecule has 0 aromatic heterocycles. The Morgan fingerprint density at radius 1 is 1.00 bits per heavy atom. The van der Waals surface area contributed by atoms with Crippen LogP contribution < -0.4 is 10.2 Å². The number of benzene rings is 2. The summed E-state index contributed by atoms with van der Waals surface area (Å²) in [6.45, 7) is 3.62. The molecule has 3 heteroatoms. The number of anilines is 1. The molecule has 1 N–H and O–H groups in total. The summed E-state index contributed by atoms with van der Waals surface area (Å²) >= 11 is 0. The second kappa shape index (κ2) is 8.99. The van der Waals surface area contributed by atoms with Crippen LogP contribution in [-0.2, 0) is 17.6 Å². The first-order valence-corrected chi connectivity index (χ1v) is 8.29. The smallest absolute Gasteiger partial charge is 0.220 e. The second-order valence-electron chi connectivity index (χ2n) is 5.78. The zero-order valence-electron chi connectivity index (χ0n) is 14.1. The third-order valence-electron chi connectivity index (χ3n) is 4.04. The molecule has 1 amide bonds. The fourth-order valence-corrected chi connectivity index (χ4v) is 2.46. The van der Waals surface area contributed by atoms with Gasteiger partial charge in [0.05, 0.1) is 0 Å². The first-order valence-electron chi connectivity index (χ1n) is 8.29. The van der Waals surface area contributed by atoms with E-state index in [9.17, 15) is 4.79 Å². The molecule has 23 heavy (non-hydrogen) atoms. The monoisotopic (exact) mass is 310 g/mol. The van der Waals surface area contributed by atoms with E-state index in [1.165, 1.54) is 11.1 Å². The average molecular weight is 310 g/mol. The van der Waals surface area contributed by atoms with Crippen molar-refractivity contribution in [3.8, 4) is 0 Å². The number of amides is 1. The predicted octanol–water partition coefficient (Wildman–Crippen LogP) is 3.43. The van der Waals surface area contributed by atoms with Crippen LogP contribution in [-0.4, -0.2) is 26.0 Å². The molecule has 122 valence electrons. The summed E-state index contributed by atoms with van der Waals surface area (Å²) in [7, 11) is 2.04. The summed E-state index contributed by atoms with van der Waals surface area (Å²) in [6, 6.07) is 18.7. The van der Waals surface area contributed by atoms with Crippen molar-refractivity contribution >= 4 is 11.6 Å². The minimum atomic E-state index is 0.117. The molecule has 0 saturated carbocycles. The van der Waals surface area contributed by atoms with Crippen molar-refractivity contribution in [1.29, 1.82) is 0 Å². The Kier molecular flexibility index (Phi) is 6.67. The Bertz CT molecular complexity index is 593. The molecule has 0 aliphatic rings. The molecule has 2 aromatic carbocycles. The fraction of sp³-hybridized carbons (Fsp3) is 0.350. The molecule has 0 aliphatic carbocycles. The number of para-hydroxylation sites is 1. The van der Waals surface area contributed by atoms with Crippen LogP contribution in [0.25, 0.3) is 0 Å². The average Bonchev–Trinajstić information content (AvgIpc) is 2.61. The van der Waals surface area contributed by atoms with Crippen LogP contribution in [0.1, 0.15) is 24.5 Å². The number of carbonyl (C=O) groups excluding carboxylic acids is 1. The number of nitrogens with zero attached hydrogens (tertiary/aromatic N) is 1. The first-order chi connectivity index (χ1) is 11.2. The molecule has 0 spiro atoms. The Morgan fingerprint density at radius 3 is 2.30 bits per heavy atom. The predicted molar refractivity (Wildman–Crippen MR) is 96.9 cm³/mol. The van der Waals surface area contributed by atoms with Gasteiger partial charge in [-0.3, -0.25) is 4.79 Å². The molecule has 0 aliphatic heterocycles. The van der Waals surface area contributed by atoms with Gasteiger partial charge < -0.3 is 10.2 Å². The molecule has 0 atom stereocenters. The number of hydrogen-bond acceptors (Lipinski definition) is 2. The second-order valence-corrected chi connectivity index (χ2v) is 5.78. The van der Waals surface area contributed by atoms with E-state index in [2.05, 4.69) is 53.5 Å². The summed E-state index contributed by atoms with van der Waals surface area (Å²) in [5.74, 6) is 0.117. The minimum Gasteiger partial charge on any atom is -0.373 e. The molecule has 2 rings (SSSR count). The van der Waals surface area contributed by atoms with Crippen molar-refractivity contribution in [1.82, 2.24) is 5.32 Å². The highest BCUT2D eigenvalue weighted by Gasteiger charge is 2.04. The van der Waals surface area contributed by atoms with Gasteiger partial charge in [0.1, 0.15) is 0 Å². The molecule has 0 unspecified atom stereocenters. The summed E-state index contributed by atoms with van der Waals surface area (Å²) in [5, 5.41) is 3.00. The van der Waals surface area contributed by atoms with Crippen LogP contribution >= 0.6 is 0 Å². The standard InChI is InChI=1S/C20H26N2O/c1-3-17-9-11-18(12-10-17)13-14-20(23)21-15-16-22(2)19-7-5-4-6-8-19/h4-12H,3,13-16H2,1-2H3,(H,21,23). The van der Waals surface area contributed by atoms with E-state index in [-0.39, 0.29) is 5.91 Å². The lowest BCUT2D eigenvalue weighted by atomic mass is 10.1. The van der Waals surface area contributed by atoms with Crippen LogP contribution in [0.4, 0.5) is 5.69 Å². The van der Waals surface area contributed by atoms with E-state index in [1.54, 1.807) is 0 Å². The maximum absolute atomic E-state index is 11.9. The van der Waals surface area contributed by atoms with Gasteiger partial charge in [-0.2, -0.15) is 0 Å². The Hall–Kier alpha value is -2.29. The summed E-state index contributed by atoms with van der Waals surface area (Å²) in [4.78, 5) is 14.1. The highest BCUT2D eigenvalue weighted by atomic mass is 16.1. The third kappa shape index (κ3) is 5.78. The van der Waals surface area contributed by atoms with E-state index in [0.29, 0.717) is 13.0 Å². The molecule has 3 nitrogen and oxygen atoms in total. The fourth-order valence-electron chi connectivity index (χ4n) is 2.46. The van der Waals surface area contributed by atoms with Gasteiger partial charge in [-0.05, 0) is 36.1 Å². The van der Waals surface area contributed by atoms with Crippen LogP contribution in [0.3, 0.4) is 0 Å². The largest absolute Gasteiger partial charge is 0.373 e. The molecule has 0 radical (unpaired) electrons. The molecule has 0 fully saturated rings. The maximum Gasteiger partial charge on any atom is 0.220 e. The zero-order valence-corrected chi connectivity index (χ0v) is 14.1. The number of rotatable bonds is 8. The van der Waals surface area contributed by atoms with Crippen LogP contribution in [0.15, 0.2) is 54.6 Å². The number of carbonyl (C=O) groups is 1. The molecule has 0 heterocycles. The normalized spacial score (nSPS) is 10.3. The Balaban J connectivity index is 1.66. The molecule has 2 aromatic rings. The van der Waals surface area contributed by atoms with Crippen molar-refractivity contribution in [2.45, 2.75) is 26.2 Å². The number of aryl methyl sites for hydroxylation is 2. The SMILES string of the molecule is CCc1ccc(CCC(=O)NCCN(C)c2ccccc2)cc1. The molecule has 0 saturated heterocycles. The van der Waals surface area contributed by atoms with Crippen LogP contribution in [0.5, 0.6) is 0 Å². The maximum atomic E-state index is 11.9. The van der Waals surface area contributed by atoms with E-state index in [4.69, 9.17) is 0 Å². The number of hydrogen-bond donors (Lipinski definition) is 1. The van der Waals surface area contributed by atoms with E-state index < -0.39 is 0 Å². The van der Waals surface area contributed by atoms with E-state index >= 15 is 0 Å². The quantitative estimate of drug-likeness (QED) is 0.810. The molecular weight excluding hydrogens is 284 g/mol. The molecular formula is C20H26N2O. The highest BCUT2D eigenvalue weighted by Crippen LogP contribution is 2.10. The summed E-state index contributed by atoms with van der Waals surface area (Å²) in [5.41, 5.74) is 3.72. The topological polar surface area (TPSA) is 32.3 Å². The zero-order chi connectivity index (χ0) is 16.5. The summed E-state index contributed by atoms with van der Waals surface area (Å²) in [6.07, 6.45) is 2.39. The van der Waals surface area contributed by atoms with Crippen molar-refractivity contribution in [3.63, 3.8) is 0 Å². The van der Waals surface area contributed by atoms with Crippen molar-refractivity contribution < 1.29 is 4.79 Å². The van der Waals surface area contributed by atoms with Gasteiger partial charge in [0, 0.05) is 32.2 Å². The van der Waals surface area contributed by atoms with Gasteiger partial charge in [0.2, 0.25) is 5.91 Å². The van der Waals surface area contributed by atoms with Gasteiger partial charge >= 0.3 is 0 Å². The Morgan fingerprint density at radius 2 is 1.65 bits per heavy atom. The van der Waals surface area contributed by atoms with Crippen LogP contribution in [0, 0.1) is 0 Å². The van der Waals surface area contributed by atoms with Gasteiger partial charge in [0.15, 0.2) is 0 Å². The van der Waals surface area contributed by atoms with Gasteiger partial charge in [-0.1, -0.05) is 49.4 Å². The van der Waals surface area contributed by atoms with E-state index in [1.807, 2.05) is 25.2 Å². The van der Waals surface area contributed by atoms with E-state index in [0.717, 1.165) is 25.1 Å². The number of likely N-dealkylation sites (N-methyl/N-ethyl adjacent to an activating group) is 1. The number of nitrogens with one attached hydrogen (secondary N) is 1. The van der Waals surface area contributed by atoms with Gasteiger partial charge in [0.25, 0.3) is 0 Å². The van der Waals surface area contributed by atoms with Gasteiger partial charge in [-0.25, -0.2) is 0 Å². The van der Waals surface area contributed by atoms with Gasteiger partial charge in [-0.15, -0.1) is 0 Å². The third-order valence-corrected chi connectivity index (χ3v) is 4.04. The Labute approximate surface area is 139 Å². The summed E-state index contributed by atoms with van der Waals surface area (Å²) < 4.78 is 0. The lowest BCUT2D eigenvalue weighted by molar-refractivity contribution is -0.120. The highest BCUT2D eigenvalue weighted by molar-refractivity contribution is 5.76. The van der Waals surface area contributed by atoms with Crippen molar-refractivity contribution in [2.75, 3.05) is 25.0 Å².